The van der Waals surface area contributed by atoms with E-state index in [2.05, 4.69) is 17.2 Å². The summed E-state index contributed by atoms with van der Waals surface area (Å²) < 4.78 is 0. The normalized spacial score (nSPS) is 19.1. The first kappa shape index (κ1) is 13.2. The minimum atomic E-state index is -0.0955. The zero-order chi connectivity index (χ0) is 11.8. The van der Waals surface area contributed by atoms with Gasteiger partial charge in [0.15, 0.2) is 0 Å². The van der Waals surface area contributed by atoms with Crippen molar-refractivity contribution in [2.75, 3.05) is 6.54 Å². The Morgan fingerprint density at radius 3 is 2.75 bits per heavy atom. The number of carbonyl (C=O) groups is 1. The quantitative estimate of drug-likeness (QED) is 0.535. The molecular weight excluding hydrogens is 200 g/mol. The standard InChI is InChI=1S/C13H24N2O/c1-3-4-10-14-11(2)13(16)15-12-8-6-5-7-9-12/h3,11-12,14H,1,4-10H2,2H3,(H,15,16). The second kappa shape index (κ2) is 7.44. The van der Waals surface area contributed by atoms with Gasteiger partial charge in [0.25, 0.3) is 0 Å². The zero-order valence-corrected chi connectivity index (χ0v) is 10.3. The summed E-state index contributed by atoms with van der Waals surface area (Å²) in [4.78, 5) is 11.8. The first-order valence-corrected chi connectivity index (χ1v) is 6.38. The molecule has 1 amide bonds. The Labute approximate surface area is 98.7 Å². The molecule has 0 spiro atoms. The molecular formula is C13H24N2O. The Hall–Kier alpha value is -0.830. The van der Waals surface area contributed by atoms with E-state index >= 15 is 0 Å². The second-order valence-electron chi connectivity index (χ2n) is 4.60. The monoisotopic (exact) mass is 224 g/mol. The van der Waals surface area contributed by atoms with E-state index in [1.54, 1.807) is 0 Å². The maximum atomic E-state index is 11.8. The highest BCUT2D eigenvalue weighted by atomic mass is 16.2. The van der Waals surface area contributed by atoms with Gasteiger partial charge in [0, 0.05) is 6.04 Å². The van der Waals surface area contributed by atoms with Crippen LogP contribution in [0.5, 0.6) is 0 Å². The fourth-order valence-corrected chi connectivity index (χ4v) is 2.07. The van der Waals surface area contributed by atoms with Crippen LogP contribution in [0.15, 0.2) is 12.7 Å². The van der Waals surface area contributed by atoms with Gasteiger partial charge in [-0.15, -0.1) is 6.58 Å². The molecule has 0 radical (unpaired) electrons. The molecule has 0 aromatic carbocycles. The average molecular weight is 224 g/mol. The van der Waals surface area contributed by atoms with Crippen LogP contribution >= 0.6 is 0 Å². The molecule has 1 saturated carbocycles. The minimum Gasteiger partial charge on any atom is -0.352 e. The summed E-state index contributed by atoms with van der Waals surface area (Å²) in [5.41, 5.74) is 0. The average Bonchev–Trinajstić information content (AvgIpc) is 2.30. The Morgan fingerprint density at radius 2 is 2.12 bits per heavy atom. The van der Waals surface area contributed by atoms with Crippen LogP contribution in [0.25, 0.3) is 0 Å². The molecule has 0 aliphatic heterocycles. The van der Waals surface area contributed by atoms with Crippen molar-refractivity contribution in [1.82, 2.24) is 10.6 Å². The summed E-state index contributed by atoms with van der Waals surface area (Å²) in [5, 5.41) is 6.31. The van der Waals surface area contributed by atoms with E-state index in [0.717, 1.165) is 25.8 Å². The van der Waals surface area contributed by atoms with Gasteiger partial charge in [0.05, 0.1) is 6.04 Å². The van der Waals surface area contributed by atoms with Crippen LogP contribution in [0, 0.1) is 0 Å². The second-order valence-corrected chi connectivity index (χ2v) is 4.60. The molecule has 3 nitrogen and oxygen atoms in total. The van der Waals surface area contributed by atoms with Gasteiger partial charge in [0.1, 0.15) is 0 Å². The third-order valence-electron chi connectivity index (χ3n) is 3.14. The Morgan fingerprint density at radius 1 is 1.44 bits per heavy atom. The molecule has 2 N–H and O–H groups in total. The third-order valence-corrected chi connectivity index (χ3v) is 3.14. The molecule has 3 heteroatoms. The molecule has 0 aromatic heterocycles. The molecule has 16 heavy (non-hydrogen) atoms. The highest BCUT2D eigenvalue weighted by molar-refractivity contribution is 5.81. The molecule has 1 unspecified atom stereocenters. The van der Waals surface area contributed by atoms with Gasteiger partial charge < -0.3 is 10.6 Å². The van der Waals surface area contributed by atoms with Crippen LogP contribution in [0.1, 0.15) is 45.4 Å². The number of carbonyl (C=O) groups excluding carboxylic acids is 1. The van der Waals surface area contributed by atoms with Crippen molar-refractivity contribution in [2.24, 2.45) is 0 Å². The van der Waals surface area contributed by atoms with Gasteiger partial charge in [-0.25, -0.2) is 0 Å². The van der Waals surface area contributed by atoms with Gasteiger partial charge >= 0.3 is 0 Å². The molecule has 1 fully saturated rings. The van der Waals surface area contributed by atoms with Gasteiger partial charge in [0.2, 0.25) is 5.91 Å². The maximum Gasteiger partial charge on any atom is 0.237 e. The molecule has 0 bridgehead atoms. The molecule has 92 valence electrons. The molecule has 1 rings (SSSR count). The Kier molecular flexibility index (Phi) is 6.16. The van der Waals surface area contributed by atoms with Crippen molar-refractivity contribution in [1.29, 1.82) is 0 Å². The molecule has 0 saturated heterocycles. The molecule has 1 aliphatic carbocycles. The summed E-state index contributed by atoms with van der Waals surface area (Å²) in [5.74, 6) is 0.135. The van der Waals surface area contributed by atoms with Gasteiger partial charge in [-0.1, -0.05) is 25.3 Å². The van der Waals surface area contributed by atoms with Crippen molar-refractivity contribution >= 4 is 5.91 Å². The number of nitrogens with one attached hydrogen (secondary N) is 2. The molecule has 1 aliphatic rings. The first-order chi connectivity index (χ1) is 7.74. The number of hydrogen-bond acceptors (Lipinski definition) is 2. The van der Waals surface area contributed by atoms with Crippen LogP contribution in [-0.2, 0) is 4.79 Å². The lowest BCUT2D eigenvalue weighted by molar-refractivity contribution is -0.123. The van der Waals surface area contributed by atoms with E-state index in [1.807, 2.05) is 13.0 Å². The summed E-state index contributed by atoms with van der Waals surface area (Å²) in [7, 11) is 0. The maximum absolute atomic E-state index is 11.8. The van der Waals surface area contributed by atoms with Crippen LogP contribution in [0.4, 0.5) is 0 Å². The fraction of sp³-hybridized carbons (Fsp3) is 0.769. The Bertz CT molecular complexity index is 222. The lowest BCUT2D eigenvalue weighted by atomic mass is 9.95. The van der Waals surface area contributed by atoms with E-state index in [4.69, 9.17) is 0 Å². The molecule has 0 heterocycles. The lowest BCUT2D eigenvalue weighted by Gasteiger charge is -2.24. The van der Waals surface area contributed by atoms with E-state index in [1.165, 1.54) is 19.3 Å². The SMILES string of the molecule is C=CCCNC(C)C(=O)NC1CCCCC1. The topological polar surface area (TPSA) is 41.1 Å². The smallest absolute Gasteiger partial charge is 0.237 e. The van der Waals surface area contributed by atoms with Crippen LogP contribution in [0.3, 0.4) is 0 Å². The van der Waals surface area contributed by atoms with E-state index < -0.39 is 0 Å². The molecule has 1 atom stereocenters. The van der Waals surface area contributed by atoms with Crippen molar-refractivity contribution in [3.63, 3.8) is 0 Å². The summed E-state index contributed by atoms with van der Waals surface area (Å²) >= 11 is 0. The largest absolute Gasteiger partial charge is 0.352 e. The van der Waals surface area contributed by atoms with Crippen molar-refractivity contribution in [2.45, 2.75) is 57.5 Å². The van der Waals surface area contributed by atoms with Gasteiger partial charge in [-0.05, 0) is 32.7 Å². The predicted octanol–water partition coefficient (Wildman–Crippen LogP) is 1.99. The van der Waals surface area contributed by atoms with E-state index in [9.17, 15) is 4.79 Å². The third kappa shape index (κ3) is 4.79. The predicted molar refractivity (Wildman–Crippen MR) is 67.3 cm³/mol. The van der Waals surface area contributed by atoms with E-state index in [0.29, 0.717) is 6.04 Å². The highest BCUT2D eigenvalue weighted by Crippen LogP contribution is 2.17. The van der Waals surface area contributed by atoms with Crippen LogP contribution in [-0.4, -0.2) is 24.5 Å². The summed E-state index contributed by atoms with van der Waals surface area (Å²) in [6.07, 6.45) is 8.88. The number of amides is 1. The lowest BCUT2D eigenvalue weighted by Crippen LogP contribution is -2.46. The molecule has 0 aromatic rings. The van der Waals surface area contributed by atoms with Crippen LogP contribution < -0.4 is 10.6 Å². The van der Waals surface area contributed by atoms with Gasteiger partial charge in [-0.2, -0.15) is 0 Å². The van der Waals surface area contributed by atoms with Crippen molar-refractivity contribution < 1.29 is 4.79 Å². The number of hydrogen-bond donors (Lipinski definition) is 2. The number of rotatable bonds is 6. The van der Waals surface area contributed by atoms with Crippen molar-refractivity contribution in [3.8, 4) is 0 Å². The van der Waals surface area contributed by atoms with Crippen LogP contribution in [0.2, 0.25) is 0 Å². The first-order valence-electron chi connectivity index (χ1n) is 6.38. The summed E-state index contributed by atoms with van der Waals surface area (Å²) in [6, 6.07) is 0.312. The van der Waals surface area contributed by atoms with Crippen molar-refractivity contribution in [3.05, 3.63) is 12.7 Å². The Balaban J connectivity index is 2.19. The van der Waals surface area contributed by atoms with Gasteiger partial charge in [-0.3, -0.25) is 4.79 Å². The van der Waals surface area contributed by atoms with E-state index in [-0.39, 0.29) is 11.9 Å². The fourth-order valence-electron chi connectivity index (χ4n) is 2.07. The highest BCUT2D eigenvalue weighted by Gasteiger charge is 2.18. The zero-order valence-electron chi connectivity index (χ0n) is 10.3. The summed E-state index contributed by atoms with van der Waals surface area (Å²) in [6.45, 7) is 6.40. The minimum absolute atomic E-state index is 0.0955.